The van der Waals surface area contributed by atoms with Crippen molar-refractivity contribution in [1.29, 1.82) is 0 Å². The number of hydrogen-bond acceptors (Lipinski definition) is 2. The van der Waals surface area contributed by atoms with E-state index in [0.717, 1.165) is 0 Å². The van der Waals surface area contributed by atoms with Crippen LogP contribution in [0.25, 0.3) is 0 Å². The molecule has 2 rings (SSSR count). The number of piperazine rings is 1. The molecule has 0 spiro atoms. The van der Waals surface area contributed by atoms with Crippen LogP contribution in [0.4, 0.5) is 8.78 Å². The minimum Gasteiger partial charge on any atom is -0.314 e. The van der Waals surface area contributed by atoms with E-state index in [1.165, 1.54) is 0 Å². The Balaban J connectivity index is 2.05. The van der Waals surface area contributed by atoms with Gasteiger partial charge in [0.1, 0.15) is 0 Å². The maximum absolute atomic E-state index is 12.9. The summed E-state index contributed by atoms with van der Waals surface area (Å²) in [4.78, 5) is 0. The van der Waals surface area contributed by atoms with Crippen molar-refractivity contribution in [3.63, 3.8) is 0 Å². The van der Waals surface area contributed by atoms with Crippen LogP contribution in [0.5, 0.6) is 0 Å². The van der Waals surface area contributed by atoms with Crippen LogP contribution in [0.2, 0.25) is 0 Å². The highest BCUT2D eigenvalue weighted by molar-refractivity contribution is 4.94. The molecule has 2 aliphatic rings. The number of halogens is 2. The van der Waals surface area contributed by atoms with E-state index >= 15 is 0 Å². The zero-order valence-electron chi connectivity index (χ0n) is 6.24. The van der Waals surface area contributed by atoms with E-state index in [1.54, 1.807) is 0 Å². The van der Waals surface area contributed by atoms with E-state index in [0.29, 0.717) is 13.1 Å². The first-order valence-corrected chi connectivity index (χ1v) is 4.00. The highest BCUT2D eigenvalue weighted by Gasteiger charge is 2.42. The van der Waals surface area contributed by atoms with E-state index in [-0.39, 0.29) is 24.9 Å². The lowest BCUT2D eigenvalue weighted by Crippen LogP contribution is -2.61. The summed E-state index contributed by atoms with van der Waals surface area (Å²) in [6.07, 6.45) is -0.00694. The summed E-state index contributed by atoms with van der Waals surface area (Å²) < 4.78 is 25.7. The van der Waals surface area contributed by atoms with E-state index in [1.807, 2.05) is 0 Å². The van der Waals surface area contributed by atoms with Gasteiger partial charge in [-0.2, -0.15) is 0 Å². The van der Waals surface area contributed by atoms with Crippen molar-refractivity contribution in [2.24, 2.45) is 0 Å². The third-order valence-corrected chi connectivity index (χ3v) is 2.34. The molecule has 0 aromatic carbocycles. The third-order valence-electron chi connectivity index (χ3n) is 2.34. The molecule has 2 aliphatic heterocycles. The van der Waals surface area contributed by atoms with Gasteiger partial charge in [0.25, 0.3) is 5.92 Å². The molecule has 0 aromatic heterocycles. The Bertz CT molecular complexity index is 147. The summed E-state index contributed by atoms with van der Waals surface area (Å²) >= 11 is 0. The van der Waals surface area contributed by atoms with E-state index < -0.39 is 5.92 Å². The summed E-state index contributed by atoms with van der Waals surface area (Å²) in [7, 11) is 0. The molecule has 0 aliphatic carbocycles. The fourth-order valence-electron chi connectivity index (χ4n) is 1.95. The quantitative estimate of drug-likeness (QED) is 0.537. The molecule has 0 saturated carbocycles. The van der Waals surface area contributed by atoms with Crippen LogP contribution < -0.4 is 10.6 Å². The Labute approximate surface area is 64.3 Å². The van der Waals surface area contributed by atoms with Gasteiger partial charge < -0.3 is 10.6 Å². The van der Waals surface area contributed by atoms with Crippen LogP contribution in [0, 0.1) is 0 Å². The number of piperidine rings is 1. The van der Waals surface area contributed by atoms with Gasteiger partial charge in [-0.05, 0) is 0 Å². The van der Waals surface area contributed by atoms with Gasteiger partial charge in [0.2, 0.25) is 0 Å². The van der Waals surface area contributed by atoms with Crippen LogP contribution in [-0.4, -0.2) is 31.1 Å². The second-order valence-corrected chi connectivity index (χ2v) is 3.48. The molecular formula is C7H12F2N2. The summed E-state index contributed by atoms with van der Waals surface area (Å²) in [5, 5.41) is 6.29. The SMILES string of the molecule is FC1(F)CC2CNCC(C1)N2. The number of nitrogens with one attached hydrogen (secondary N) is 2. The van der Waals surface area contributed by atoms with Crippen molar-refractivity contribution in [2.75, 3.05) is 13.1 Å². The van der Waals surface area contributed by atoms with Crippen LogP contribution in [0.1, 0.15) is 12.8 Å². The normalized spacial score (nSPS) is 42.0. The average Bonchev–Trinajstić information content (AvgIpc) is 1.82. The molecule has 2 atom stereocenters. The predicted molar refractivity (Wildman–Crippen MR) is 37.8 cm³/mol. The Morgan fingerprint density at radius 3 is 2.18 bits per heavy atom. The molecule has 2 bridgehead atoms. The molecule has 2 unspecified atom stereocenters. The van der Waals surface area contributed by atoms with Crippen molar-refractivity contribution in [1.82, 2.24) is 10.6 Å². The van der Waals surface area contributed by atoms with Crippen molar-refractivity contribution >= 4 is 0 Å². The highest BCUT2D eigenvalue weighted by Crippen LogP contribution is 2.31. The second-order valence-electron chi connectivity index (χ2n) is 3.48. The molecule has 2 nitrogen and oxygen atoms in total. The summed E-state index contributed by atoms with van der Waals surface area (Å²) in [6.45, 7) is 1.37. The fraction of sp³-hybridized carbons (Fsp3) is 1.00. The molecule has 0 aromatic rings. The molecule has 4 heteroatoms. The molecule has 64 valence electrons. The summed E-state index contributed by atoms with van der Waals surface area (Å²) in [5.41, 5.74) is 0. The van der Waals surface area contributed by atoms with Gasteiger partial charge in [0.15, 0.2) is 0 Å². The molecule has 2 fully saturated rings. The number of hydrogen-bond donors (Lipinski definition) is 2. The van der Waals surface area contributed by atoms with Gasteiger partial charge in [-0.1, -0.05) is 0 Å². The minimum absolute atomic E-state index is 0.00347. The fourth-order valence-corrected chi connectivity index (χ4v) is 1.95. The van der Waals surface area contributed by atoms with E-state index in [9.17, 15) is 8.78 Å². The molecule has 2 heterocycles. The van der Waals surface area contributed by atoms with Crippen molar-refractivity contribution < 1.29 is 8.78 Å². The maximum atomic E-state index is 12.9. The zero-order valence-corrected chi connectivity index (χ0v) is 6.24. The Kier molecular flexibility index (Phi) is 1.61. The van der Waals surface area contributed by atoms with E-state index in [4.69, 9.17) is 0 Å². The van der Waals surface area contributed by atoms with Gasteiger partial charge in [0, 0.05) is 38.0 Å². The summed E-state index contributed by atoms with van der Waals surface area (Å²) in [6, 6.07) is -0.0324. The summed E-state index contributed by atoms with van der Waals surface area (Å²) in [5.74, 6) is -2.43. The van der Waals surface area contributed by atoms with Gasteiger partial charge in [-0.25, -0.2) is 8.78 Å². The smallest absolute Gasteiger partial charge is 0.251 e. The molecule has 2 saturated heterocycles. The van der Waals surface area contributed by atoms with Gasteiger partial charge >= 0.3 is 0 Å². The van der Waals surface area contributed by atoms with Crippen molar-refractivity contribution in [3.8, 4) is 0 Å². The standard InChI is InChI=1S/C7H12F2N2/c8-7(9)1-5-3-10-4-6(2-7)11-5/h5-6,10-11H,1-4H2. The Hall–Kier alpha value is -0.220. The Morgan fingerprint density at radius 2 is 1.64 bits per heavy atom. The highest BCUT2D eigenvalue weighted by atomic mass is 19.3. The second kappa shape index (κ2) is 2.38. The van der Waals surface area contributed by atoms with Crippen molar-refractivity contribution in [2.45, 2.75) is 30.8 Å². The third kappa shape index (κ3) is 1.51. The molecule has 0 amide bonds. The van der Waals surface area contributed by atoms with Gasteiger partial charge in [0.05, 0.1) is 0 Å². The van der Waals surface area contributed by atoms with Crippen LogP contribution in [0.15, 0.2) is 0 Å². The van der Waals surface area contributed by atoms with Gasteiger partial charge in [-0.15, -0.1) is 0 Å². The molecular weight excluding hydrogens is 150 g/mol. The maximum Gasteiger partial charge on any atom is 0.251 e. The number of alkyl halides is 2. The topological polar surface area (TPSA) is 24.1 Å². The first-order chi connectivity index (χ1) is 5.16. The molecule has 11 heavy (non-hydrogen) atoms. The lowest BCUT2D eigenvalue weighted by atomic mass is 9.92. The first kappa shape index (κ1) is 7.43. The van der Waals surface area contributed by atoms with Crippen LogP contribution in [-0.2, 0) is 0 Å². The van der Waals surface area contributed by atoms with Crippen molar-refractivity contribution in [3.05, 3.63) is 0 Å². The van der Waals surface area contributed by atoms with Crippen LogP contribution in [0.3, 0.4) is 0 Å². The lowest BCUT2D eigenvalue weighted by Gasteiger charge is -2.40. The minimum atomic E-state index is -2.43. The van der Waals surface area contributed by atoms with E-state index in [2.05, 4.69) is 10.6 Å². The predicted octanol–water partition coefficient (Wildman–Crippen LogP) is 0.346. The molecule has 0 radical (unpaired) electrons. The average molecular weight is 162 g/mol. The number of rotatable bonds is 0. The van der Waals surface area contributed by atoms with Gasteiger partial charge in [-0.3, -0.25) is 0 Å². The first-order valence-electron chi connectivity index (χ1n) is 4.00. The monoisotopic (exact) mass is 162 g/mol. The zero-order chi connectivity index (χ0) is 7.90. The molecule has 2 N–H and O–H groups in total. The largest absolute Gasteiger partial charge is 0.314 e. The Morgan fingerprint density at radius 1 is 1.09 bits per heavy atom. The number of fused-ring (bicyclic) bond motifs is 2. The lowest BCUT2D eigenvalue weighted by molar-refractivity contribution is -0.0613. The van der Waals surface area contributed by atoms with Crippen LogP contribution >= 0.6 is 0 Å².